The molecule has 2 aromatic rings. The van der Waals surface area contributed by atoms with Gasteiger partial charge in [-0.25, -0.2) is 9.37 Å². The van der Waals surface area contributed by atoms with Gasteiger partial charge >= 0.3 is 7.12 Å². The van der Waals surface area contributed by atoms with E-state index >= 15 is 0 Å². The molecule has 18 heavy (non-hydrogen) atoms. The molecule has 0 atom stereocenters. The topological polar surface area (TPSA) is 58.3 Å². The molecule has 0 aliphatic heterocycles. The Morgan fingerprint density at radius 3 is 2.56 bits per heavy atom. The van der Waals surface area contributed by atoms with Crippen molar-refractivity contribution in [1.29, 1.82) is 0 Å². The molecule has 0 saturated heterocycles. The van der Waals surface area contributed by atoms with Gasteiger partial charge in [-0.05, 0) is 37.0 Å². The number of aryl methyl sites for hydroxylation is 1. The van der Waals surface area contributed by atoms with E-state index in [9.17, 15) is 4.39 Å². The van der Waals surface area contributed by atoms with Crippen LogP contribution in [0.3, 0.4) is 0 Å². The summed E-state index contributed by atoms with van der Waals surface area (Å²) in [5.41, 5.74) is 2.75. The van der Waals surface area contributed by atoms with E-state index in [0.717, 1.165) is 17.5 Å². The lowest BCUT2D eigenvalue weighted by molar-refractivity contribution is 0.425. The van der Waals surface area contributed by atoms with Crippen LogP contribution in [0.4, 0.5) is 4.39 Å². The van der Waals surface area contributed by atoms with Gasteiger partial charge in [-0.3, -0.25) is 0 Å². The van der Waals surface area contributed by atoms with Crippen molar-refractivity contribution in [1.82, 2.24) is 9.55 Å². The molecule has 94 valence electrons. The first-order valence-electron chi connectivity index (χ1n) is 5.61. The molecule has 1 heterocycles. The highest BCUT2D eigenvalue weighted by atomic mass is 19.1. The fraction of sp³-hybridized carbons (Fsp3) is 0.250. The molecule has 0 radical (unpaired) electrons. The van der Waals surface area contributed by atoms with Gasteiger partial charge in [0.2, 0.25) is 0 Å². The Balaban J connectivity index is 2.32. The molecule has 0 fully saturated rings. The van der Waals surface area contributed by atoms with Crippen LogP contribution in [0.25, 0.3) is 0 Å². The molecular formula is C12H14BFN2O2. The molecular weight excluding hydrogens is 234 g/mol. The van der Waals surface area contributed by atoms with Gasteiger partial charge < -0.3 is 14.6 Å². The molecule has 1 aromatic heterocycles. The predicted molar refractivity (Wildman–Crippen MR) is 67.0 cm³/mol. The van der Waals surface area contributed by atoms with Crippen molar-refractivity contribution < 1.29 is 14.4 Å². The standard InChI is InChI=1S/C12H14BFN2O2/c1-8-9(2)16(7-15-8)6-10-3-11(13(17)18)5-12(14)4-10/h3-5,7,17-18H,6H2,1-2H3. The van der Waals surface area contributed by atoms with Crippen molar-refractivity contribution in [3.63, 3.8) is 0 Å². The first kappa shape index (κ1) is 12.8. The van der Waals surface area contributed by atoms with Gasteiger partial charge in [-0.2, -0.15) is 0 Å². The Morgan fingerprint density at radius 2 is 2.00 bits per heavy atom. The van der Waals surface area contributed by atoms with Crippen LogP contribution in [0.1, 0.15) is 17.0 Å². The van der Waals surface area contributed by atoms with E-state index in [1.54, 1.807) is 12.4 Å². The summed E-state index contributed by atoms with van der Waals surface area (Å²) in [4.78, 5) is 4.16. The third-order valence-corrected chi connectivity index (χ3v) is 2.98. The maximum atomic E-state index is 13.3. The first-order chi connectivity index (χ1) is 8.47. The summed E-state index contributed by atoms with van der Waals surface area (Å²) >= 11 is 0. The Kier molecular flexibility index (Phi) is 3.49. The number of halogens is 1. The molecule has 6 heteroatoms. The largest absolute Gasteiger partial charge is 0.488 e. The molecule has 4 nitrogen and oxygen atoms in total. The molecule has 0 unspecified atom stereocenters. The molecule has 1 aromatic carbocycles. The number of rotatable bonds is 3. The summed E-state index contributed by atoms with van der Waals surface area (Å²) in [5.74, 6) is -0.481. The second-order valence-corrected chi connectivity index (χ2v) is 4.31. The van der Waals surface area contributed by atoms with Gasteiger partial charge in [0.1, 0.15) is 5.82 Å². The summed E-state index contributed by atoms with van der Waals surface area (Å²) in [6.07, 6.45) is 1.69. The lowest BCUT2D eigenvalue weighted by Gasteiger charge is -2.08. The normalized spacial score (nSPS) is 10.7. The van der Waals surface area contributed by atoms with E-state index in [0.29, 0.717) is 12.1 Å². The summed E-state index contributed by atoms with van der Waals surface area (Å²) in [7, 11) is -1.66. The minimum Gasteiger partial charge on any atom is -0.423 e. The number of benzene rings is 1. The molecule has 0 bridgehead atoms. The fourth-order valence-electron chi connectivity index (χ4n) is 1.82. The molecule has 2 rings (SSSR count). The third-order valence-electron chi connectivity index (χ3n) is 2.98. The van der Waals surface area contributed by atoms with Crippen molar-refractivity contribution in [2.75, 3.05) is 0 Å². The van der Waals surface area contributed by atoms with Crippen molar-refractivity contribution in [3.8, 4) is 0 Å². The minimum atomic E-state index is -1.66. The van der Waals surface area contributed by atoms with Gasteiger partial charge in [0.15, 0.2) is 0 Å². The number of hydrogen-bond donors (Lipinski definition) is 2. The van der Waals surface area contributed by atoms with Crippen LogP contribution in [0.5, 0.6) is 0 Å². The van der Waals surface area contributed by atoms with Crippen LogP contribution in [0, 0.1) is 19.7 Å². The van der Waals surface area contributed by atoms with Gasteiger partial charge in [0.05, 0.1) is 12.0 Å². The second kappa shape index (κ2) is 4.92. The quantitative estimate of drug-likeness (QED) is 0.771. The first-order valence-corrected chi connectivity index (χ1v) is 5.61. The molecule has 0 amide bonds. The Morgan fingerprint density at radius 1 is 1.28 bits per heavy atom. The van der Waals surface area contributed by atoms with Gasteiger partial charge in [-0.15, -0.1) is 0 Å². The predicted octanol–water partition coefficient (Wildman–Crippen LogP) is 0.367. The monoisotopic (exact) mass is 248 g/mol. The number of aromatic nitrogens is 2. The second-order valence-electron chi connectivity index (χ2n) is 4.31. The van der Waals surface area contributed by atoms with E-state index in [1.807, 2.05) is 18.4 Å². The van der Waals surface area contributed by atoms with E-state index in [2.05, 4.69) is 4.98 Å². The van der Waals surface area contributed by atoms with Crippen molar-refractivity contribution in [2.45, 2.75) is 20.4 Å². The lowest BCUT2D eigenvalue weighted by atomic mass is 9.79. The van der Waals surface area contributed by atoms with Gasteiger partial charge in [-0.1, -0.05) is 6.07 Å². The fourth-order valence-corrected chi connectivity index (χ4v) is 1.82. The van der Waals surface area contributed by atoms with E-state index < -0.39 is 12.9 Å². The van der Waals surface area contributed by atoms with Crippen LogP contribution in [0.2, 0.25) is 0 Å². The van der Waals surface area contributed by atoms with Crippen LogP contribution < -0.4 is 5.46 Å². The Bertz CT molecular complexity index is 569. The number of nitrogens with zero attached hydrogens (tertiary/aromatic N) is 2. The third kappa shape index (κ3) is 2.60. The SMILES string of the molecule is Cc1ncn(Cc2cc(F)cc(B(O)O)c2)c1C. The van der Waals surface area contributed by atoms with Crippen LogP contribution in [-0.2, 0) is 6.54 Å². The van der Waals surface area contributed by atoms with E-state index in [1.165, 1.54) is 6.07 Å². The maximum Gasteiger partial charge on any atom is 0.488 e. The number of imidazole rings is 1. The average Bonchev–Trinajstić information content (AvgIpc) is 2.60. The Labute approximate surface area is 105 Å². The van der Waals surface area contributed by atoms with Gasteiger partial charge in [0, 0.05) is 12.2 Å². The lowest BCUT2D eigenvalue weighted by Crippen LogP contribution is -2.30. The zero-order valence-corrected chi connectivity index (χ0v) is 10.3. The highest BCUT2D eigenvalue weighted by Crippen LogP contribution is 2.09. The molecule has 0 spiro atoms. The summed E-state index contributed by atoms with van der Waals surface area (Å²) in [6, 6.07) is 4.06. The molecule has 0 aliphatic rings. The minimum absolute atomic E-state index is 0.152. The molecule has 2 N–H and O–H groups in total. The van der Waals surface area contributed by atoms with Crippen LogP contribution >= 0.6 is 0 Å². The summed E-state index contributed by atoms with van der Waals surface area (Å²) in [6.45, 7) is 4.29. The van der Waals surface area contributed by atoms with Crippen molar-refractivity contribution in [3.05, 3.63) is 47.3 Å². The number of hydrogen-bond acceptors (Lipinski definition) is 3. The molecule has 0 saturated carbocycles. The van der Waals surface area contributed by atoms with Crippen molar-refractivity contribution in [2.24, 2.45) is 0 Å². The highest BCUT2D eigenvalue weighted by molar-refractivity contribution is 6.58. The van der Waals surface area contributed by atoms with Crippen LogP contribution in [-0.4, -0.2) is 26.7 Å². The summed E-state index contributed by atoms with van der Waals surface area (Å²) in [5, 5.41) is 18.1. The average molecular weight is 248 g/mol. The van der Waals surface area contributed by atoms with E-state index in [4.69, 9.17) is 10.0 Å². The smallest absolute Gasteiger partial charge is 0.423 e. The van der Waals surface area contributed by atoms with E-state index in [-0.39, 0.29) is 5.46 Å². The Hall–Kier alpha value is -1.66. The molecule has 0 aliphatic carbocycles. The zero-order valence-electron chi connectivity index (χ0n) is 10.3. The zero-order chi connectivity index (χ0) is 13.3. The van der Waals surface area contributed by atoms with Crippen LogP contribution in [0.15, 0.2) is 24.5 Å². The maximum absolute atomic E-state index is 13.3. The van der Waals surface area contributed by atoms with Gasteiger partial charge in [0.25, 0.3) is 0 Å². The highest BCUT2D eigenvalue weighted by Gasteiger charge is 2.13. The van der Waals surface area contributed by atoms with Crippen molar-refractivity contribution >= 4 is 12.6 Å². The summed E-state index contributed by atoms with van der Waals surface area (Å²) < 4.78 is 15.2.